The molecule has 0 aliphatic carbocycles. The minimum absolute atomic E-state index is 0.0748. The molecule has 0 aliphatic rings. The van der Waals surface area contributed by atoms with Gasteiger partial charge in [0, 0.05) is 39.7 Å². The van der Waals surface area contributed by atoms with Gasteiger partial charge in [0.25, 0.3) is 0 Å². The third kappa shape index (κ3) is 2.76. The zero-order chi connectivity index (χ0) is 19.7. The summed E-state index contributed by atoms with van der Waals surface area (Å²) in [5.74, 6) is -1.76. The van der Waals surface area contributed by atoms with E-state index in [2.05, 4.69) is 46.5 Å². The number of nitrogens with zero attached hydrogens (tertiary/aromatic N) is 3. The number of aromatic nitrogens is 3. The van der Waals surface area contributed by atoms with Crippen LogP contribution in [0.3, 0.4) is 0 Å². The molecule has 0 atom stereocenters. The molecule has 0 spiro atoms. The molecule has 5 heteroatoms. The molecule has 27 heavy (non-hydrogen) atoms. The molecule has 0 N–H and O–H groups in total. The van der Waals surface area contributed by atoms with Crippen LogP contribution in [-0.4, -0.2) is 14.4 Å². The zero-order valence-electron chi connectivity index (χ0n) is 16.5. The first-order valence-electron chi connectivity index (χ1n) is 9.09. The molecular weight excluding hydrogens is 344 g/mol. The van der Waals surface area contributed by atoms with E-state index in [9.17, 15) is 8.78 Å². The molecule has 1 aromatic carbocycles. The van der Waals surface area contributed by atoms with E-state index >= 15 is 0 Å². The van der Waals surface area contributed by atoms with Gasteiger partial charge in [-0.2, -0.15) is 0 Å². The third-order valence-electron chi connectivity index (χ3n) is 4.91. The molecule has 3 aromatic heterocycles. The molecule has 0 amide bonds. The molecule has 4 rings (SSSR count). The fraction of sp³-hybridized carbons (Fsp3) is 0.364. The highest BCUT2D eigenvalue weighted by molar-refractivity contribution is 5.97. The Morgan fingerprint density at radius 1 is 0.778 bits per heavy atom. The number of fused-ring (bicyclic) bond motifs is 5. The Kier molecular flexibility index (Phi) is 3.61. The minimum Gasteiger partial charge on any atom is -0.295 e. The highest BCUT2D eigenvalue weighted by atomic mass is 19.2. The fourth-order valence-corrected chi connectivity index (χ4v) is 3.43. The summed E-state index contributed by atoms with van der Waals surface area (Å²) in [6, 6.07) is 8.43. The number of hydrogen-bond acceptors (Lipinski definition) is 2. The zero-order valence-corrected chi connectivity index (χ0v) is 16.5. The Morgan fingerprint density at radius 2 is 1.44 bits per heavy atom. The molecule has 0 unspecified atom stereocenters. The molecular formula is C22H23F2N3. The van der Waals surface area contributed by atoms with Crippen LogP contribution in [0.25, 0.3) is 27.6 Å². The Labute approximate surface area is 157 Å². The van der Waals surface area contributed by atoms with Gasteiger partial charge in [-0.25, -0.2) is 13.8 Å². The summed E-state index contributed by atoms with van der Waals surface area (Å²) in [7, 11) is 0. The monoisotopic (exact) mass is 367 g/mol. The largest absolute Gasteiger partial charge is 0.295 e. The lowest BCUT2D eigenvalue weighted by Crippen LogP contribution is -2.17. The van der Waals surface area contributed by atoms with Crippen LogP contribution in [0.5, 0.6) is 0 Å². The van der Waals surface area contributed by atoms with Crippen molar-refractivity contribution in [2.45, 2.75) is 52.4 Å². The van der Waals surface area contributed by atoms with Crippen molar-refractivity contribution in [3.63, 3.8) is 0 Å². The van der Waals surface area contributed by atoms with Gasteiger partial charge in [-0.05, 0) is 18.2 Å². The molecule has 140 valence electrons. The third-order valence-corrected chi connectivity index (χ3v) is 4.91. The normalized spacial score (nSPS) is 13.2. The second-order valence-electron chi connectivity index (χ2n) is 9.18. The molecule has 3 heterocycles. The first-order valence-corrected chi connectivity index (χ1v) is 9.09. The molecule has 0 radical (unpaired) electrons. The molecule has 0 fully saturated rings. The van der Waals surface area contributed by atoms with E-state index in [0.717, 1.165) is 28.4 Å². The Bertz CT molecular complexity index is 1210. The predicted molar refractivity (Wildman–Crippen MR) is 105 cm³/mol. The fourth-order valence-electron chi connectivity index (χ4n) is 3.43. The summed E-state index contributed by atoms with van der Waals surface area (Å²) in [4.78, 5) is 9.50. The van der Waals surface area contributed by atoms with Crippen LogP contribution in [0.2, 0.25) is 0 Å². The maximum absolute atomic E-state index is 14.0. The maximum atomic E-state index is 14.0. The second-order valence-corrected chi connectivity index (χ2v) is 9.18. The van der Waals surface area contributed by atoms with Crippen LogP contribution < -0.4 is 0 Å². The summed E-state index contributed by atoms with van der Waals surface area (Å²) in [6.07, 6.45) is 0. The summed E-state index contributed by atoms with van der Waals surface area (Å²) < 4.78 is 29.7. The Morgan fingerprint density at radius 3 is 2.07 bits per heavy atom. The van der Waals surface area contributed by atoms with Crippen molar-refractivity contribution in [3.05, 3.63) is 53.4 Å². The Hall–Kier alpha value is -2.56. The first-order chi connectivity index (χ1) is 12.5. The van der Waals surface area contributed by atoms with Gasteiger partial charge in [0.1, 0.15) is 5.65 Å². The van der Waals surface area contributed by atoms with E-state index < -0.39 is 11.6 Å². The number of pyridine rings is 2. The van der Waals surface area contributed by atoms with Crippen molar-refractivity contribution in [1.82, 2.24) is 14.4 Å². The van der Waals surface area contributed by atoms with E-state index in [1.807, 2.05) is 22.6 Å². The number of hydrogen-bond donors (Lipinski definition) is 0. The lowest BCUT2D eigenvalue weighted by molar-refractivity contribution is 0.510. The van der Waals surface area contributed by atoms with Crippen molar-refractivity contribution >= 4 is 27.6 Å². The van der Waals surface area contributed by atoms with Crippen LogP contribution in [0.1, 0.15) is 52.9 Å². The van der Waals surface area contributed by atoms with Crippen molar-refractivity contribution < 1.29 is 8.78 Å². The van der Waals surface area contributed by atoms with Crippen molar-refractivity contribution in [2.75, 3.05) is 0 Å². The van der Waals surface area contributed by atoms with Crippen molar-refractivity contribution in [1.29, 1.82) is 0 Å². The number of imidazole rings is 1. The number of rotatable bonds is 0. The van der Waals surface area contributed by atoms with Gasteiger partial charge < -0.3 is 0 Å². The molecule has 4 aromatic rings. The first kappa shape index (κ1) is 17.8. The van der Waals surface area contributed by atoms with Crippen LogP contribution in [-0.2, 0) is 10.8 Å². The quantitative estimate of drug-likeness (QED) is 0.387. The van der Waals surface area contributed by atoms with Crippen LogP contribution >= 0.6 is 0 Å². The summed E-state index contributed by atoms with van der Waals surface area (Å²) in [5, 5.41) is 0.869. The van der Waals surface area contributed by atoms with Gasteiger partial charge in [-0.15, -0.1) is 0 Å². The van der Waals surface area contributed by atoms with Crippen LogP contribution in [0, 0.1) is 11.6 Å². The van der Waals surface area contributed by atoms with Gasteiger partial charge >= 0.3 is 0 Å². The lowest BCUT2D eigenvalue weighted by atomic mass is 9.89. The minimum atomic E-state index is -0.888. The highest BCUT2D eigenvalue weighted by Gasteiger charge is 2.24. The smallest absolute Gasteiger partial charge is 0.161 e. The van der Waals surface area contributed by atoms with Crippen LogP contribution in [0.4, 0.5) is 8.78 Å². The average Bonchev–Trinajstić information content (AvgIpc) is 2.90. The number of benzene rings is 1. The van der Waals surface area contributed by atoms with Gasteiger partial charge in [0.2, 0.25) is 0 Å². The molecule has 0 aliphatic heterocycles. The Balaban J connectivity index is 2.22. The maximum Gasteiger partial charge on any atom is 0.161 e. The summed E-state index contributed by atoms with van der Waals surface area (Å²) in [6.45, 7) is 12.6. The summed E-state index contributed by atoms with van der Waals surface area (Å²) >= 11 is 0. The number of halogens is 2. The van der Waals surface area contributed by atoms with Gasteiger partial charge in [0.05, 0.1) is 16.6 Å². The van der Waals surface area contributed by atoms with Gasteiger partial charge in [-0.3, -0.25) is 9.38 Å². The van der Waals surface area contributed by atoms with Crippen LogP contribution in [0.15, 0.2) is 30.3 Å². The lowest BCUT2D eigenvalue weighted by Gasteiger charge is -2.23. The van der Waals surface area contributed by atoms with E-state index in [1.165, 1.54) is 6.07 Å². The van der Waals surface area contributed by atoms with E-state index in [0.29, 0.717) is 16.7 Å². The molecule has 0 saturated heterocycles. The highest BCUT2D eigenvalue weighted by Crippen LogP contribution is 2.33. The van der Waals surface area contributed by atoms with Gasteiger partial charge in [-0.1, -0.05) is 41.5 Å². The van der Waals surface area contributed by atoms with E-state index in [1.54, 1.807) is 0 Å². The topological polar surface area (TPSA) is 30.2 Å². The molecule has 0 saturated carbocycles. The van der Waals surface area contributed by atoms with Crippen molar-refractivity contribution in [3.8, 4) is 0 Å². The standard InChI is InChI=1S/C22H23F2N3/c1-21(2,3)18-8-7-12-15(25-18)11-19(22(4,5)6)27-17-10-14(24)13(23)9-16(17)26-20(12)27/h7-11H,1-6H3. The predicted octanol–water partition coefficient (Wildman–Crippen LogP) is 5.91. The molecule has 0 bridgehead atoms. The molecule has 3 nitrogen and oxygen atoms in total. The van der Waals surface area contributed by atoms with Crippen molar-refractivity contribution in [2.24, 2.45) is 0 Å². The van der Waals surface area contributed by atoms with E-state index in [4.69, 9.17) is 4.98 Å². The van der Waals surface area contributed by atoms with E-state index in [-0.39, 0.29) is 10.8 Å². The SMILES string of the molecule is CC(C)(C)c1ccc2c(cc(C(C)(C)C)n3c4cc(F)c(F)cc4nc23)n1. The average molecular weight is 367 g/mol. The second kappa shape index (κ2) is 5.47. The summed E-state index contributed by atoms with van der Waals surface area (Å²) in [5.41, 5.74) is 4.16. The van der Waals surface area contributed by atoms with Gasteiger partial charge in [0.15, 0.2) is 11.6 Å².